The maximum absolute atomic E-state index is 8.72. The predicted octanol–water partition coefficient (Wildman–Crippen LogP) is 2.75. The molecule has 0 aliphatic heterocycles. The third-order valence-electron chi connectivity index (χ3n) is 2.38. The molecule has 0 bridgehead atoms. The van der Waals surface area contributed by atoms with Crippen LogP contribution in [0.2, 0.25) is 5.02 Å². The van der Waals surface area contributed by atoms with E-state index in [1.807, 2.05) is 6.07 Å². The van der Waals surface area contributed by atoms with Crippen molar-refractivity contribution in [3.63, 3.8) is 0 Å². The van der Waals surface area contributed by atoms with Gasteiger partial charge in [-0.2, -0.15) is 5.26 Å². The topological polar surface area (TPSA) is 61.8 Å². The van der Waals surface area contributed by atoms with Crippen LogP contribution in [0.15, 0.2) is 18.2 Å². The SMILES string of the molecule is CCCC(CN)Nc1ccc(C#N)cc1Cl. The first-order chi connectivity index (χ1) is 7.71. The molecule has 86 valence electrons. The molecular weight excluding hydrogens is 222 g/mol. The lowest BCUT2D eigenvalue weighted by molar-refractivity contribution is 0.648. The fourth-order valence-corrected chi connectivity index (χ4v) is 1.75. The number of nitrogens with one attached hydrogen (secondary N) is 1. The van der Waals surface area contributed by atoms with E-state index in [0.29, 0.717) is 17.1 Å². The number of rotatable bonds is 5. The highest BCUT2D eigenvalue weighted by molar-refractivity contribution is 6.33. The van der Waals surface area contributed by atoms with E-state index in [1.54, 1.807) is 12.1 Å². The molecule has 16 heavy (non-hydrogen) atoms. The third-order valence-corrected chi connectivity index (χ3v) is 2.69. The zero-order valence-electron chi connectivity index (χ0n) is 9.33. The Morgan fingerprint density at radius 1 is 1.56 bits per heavy atom. The first kappa shape index (κ1) is 12.8. The first-order valence-corrected chi connectivity index (χ1v) is 5.75. The standard InChI is InChI=1S/C12H16ClN3/c1-2-3-10(8-15)16-12-5-4-9(7-14)6-11(12)13/h4-6,10,16H,2-3,8,15H2,1H3. The zero-order valence-corrected chi connectivity index (χ0v) is 10.1. The first-order valence-electron chi connectivity index (χ1n) is 5.37. The molecule has 0 heterocycles. The minimum atomic E-state index is 0.232. The number of nitrogens with two attached hydrogens (primary N) is 1. The van der Waals surface area contributed by atoms with Crippen LogP contribution in [0.4, 0.5) is 5.69 Å². The summed E-state index contributed by atoms with van der Waals surface area (Å²) in [6.45, 7) is 2.69. The van der Waals surface area contributed by atoms with Crippen LogP contribution in [0.1, 0.15) is 25.3 Å². The molecule has 0 radical (unpaired) electrons. The highest BCUT2D eigenvalue weighted by Gasteiger charge is 2.08. The van der Waals surface area contributed by atoms with E-state index in [2.05, 4.69) is 18.3 Å². The Kier molecular flexibility index (Phi) is 5.10. The molecule has 1 rings (SSSR count). The van der Waals surface area contributed by atoms with Crippen molar-refractivity contribution in [1.29, 1.82) is 5.26 Å². The minimum Gasteiger partial charge on any atom is -0.380 e. The van der Waals surface area contributed by atoms with Crippen LogP contribution >= 0.6 is 11.6 Å². The summed E-state index contributed by atoms with van der Waals surface area (Å²) in [5.74, 6) is 0. The van der Waals surface area contributed by atoms with Crippen molar-refractivity contribution < 1.29 is 0 Å². The molecule has 1 aromatic carbocycles. The van der Waals surface area contributed by atoms with E-state index in [9.17, 15) is 0 Å². The van der Waals surface area contributed by atoms with Crippen molar-refractivity contribution in [3.8, 4) is 6.07 Å². The van der Waals surface area contributed by atoms with Gasteiger partial charge in [0.2, 0.25) is 0 Å². The molecule has 0 fully saturated rings. The number of halogens is 1. The van der Waals surface area contributed by atoms with E-state index in [4.69, 9.17) is 22.6 Å². The van der Waals surface area contributed by atoms with Gasteiger partial charge in [-0.15, -0.1) is 0 Å². The molecule has 0 aromatic heterocycles. The second-order valence-corrected chi connectivity index (χ2v) is 4.08. The van der Waals surface area contributed by atoms with Gasteiger partial charge in [-0.05, 0) is 24.6 Å². The maximum Gasteiger partial charge on any atom is 0.0992 e. The monoisotopic (exact) mass is 237 g/mol. The smallest absolute Gasteiger partial charge is 0.0992 e. The van der Waals surface area contributed by atoms with Crippen LogP contribution in [0.25, 0.3) is 0 Å². The van der Waals surface area contributed by atoms with Crippen molar-refractivity contribution in [1.82, 2.24) is 0 Å². The van der Waals surface area contributed by atoms with Gasteiger partial charge >= 0.3 is 0 Å². The number of benzene rings is 1. The Morgan fingerprint density at radius 2 is 2.31 bits per heavy atom. The van der Waals surface area contributed by atoms with E-state index < -0.39 is 0 Å². The lowest BCUT2D eigenvalue weighted by atomic mass is 10.1. The van der Waals surface area contributed by atoms with Crippen LogP contribution in [0, 0.1) is 11.3 Å². The minimum absolute atomic E-state index is 0.232. The second-order valence-electron chi connectivity index (χ2n) is 3.67. The summed E-state index contributed by atoms with van der Waals surface area (Å²) in [6, 6.07) is 7.50. The summed E-state index contributed by atoms with van der Waals surface area (Å²) in [6.07, 6.45) is 2.08. The maximum atomic E-state index is 8.72. The van der Waals surface area contributed by atoms with E-state index in [1.165, 1.54) is 0 Å². The van der Waals surface area contributed by atoms with E-state index in [-0.39, 0.29) is 6.04 Å². The van der Waals surface area contributed by atoms with Crippen LogP contribution in [-0.4, -0.2) is 12.6 Å². The van der Waals surface area contributed by atoms with Crippen LogP contribution in [-0.2, 0) is 0 Å². The zero-order chi connectivity index (χ0) is 12.0. The van der Waals surface area contributed by atoms with E-state index in [0.717, 1.165) is 18.5 Å². The molecule has 0 aliphatic rings. The van der Waals surface area contributed by atoms with Gasteiger partial charge in [0.15, 0.2) is 0 Å². The molecule has 4 heteroatoms. The fourth-order valence-electron chi connectivity index (χ4n) is 1.52. The summed E-state index contributed by atoms with van der Waals surface area (Å²) in [7, 11) is 0. The third kappa shape index (κ3) is 3.41. The molecular formula is C12H16ClN3. The molecule has 1 unspecified atom stereocenters. The molecule has 1 aromatic rings. The summed E-state index contributed by atoms with van der Waals surface area (Å²) >= 11 is 6.05. The summed E-state index contributed by atoms with van der Waals surface area (Å²) < 4.78 is 0. The van der Waals surface area contributed by atoms with Crippen molar-refractivity contribution in [3.05, 3.63) is 28.8 Å². The van der Waals surface area contributed by atoms with Gasteiger partial charge in [-0.1, -0.05) is 24.9 Å². The lowest BCUT2D eigenvalue weighted by Crippen LogP contribution is -2.28. The Hall–Kier alpha value is -1.24. The van der Waals surface area contributed by atoms with Gasteiger partial charge in [-0.3, -0.25) is 0 Å². The molecule has 0 aliphatic carbocycles. The van der Waals surface area contributed by atoms with Gasteiger partial charge in [0.1, 0.15) is 0 Å². The number of anilines is 1. The highest BCUT2D eigenvalue weighted by atomic mass is 35.5. The van der Waals surface area contributed by atoms with Gasteiger partial charge in [0.25, 0.3) is 0 Å². The Labute approximate surface area is 101 Å². The number of hydrogen-bond acceptors (Lipinski definition) is 3. The molecule has 0 saturated heterocycles. The highest BCUT2D eigenvalue weighted by Crippen LogP contribution is 2.23. The van der Waals surface area contributed by atoms with Gasteiger partial charge in [0, 0.05) is 12.6 Å². The van der Waals surface area contributed by atoms with Crippen molar-refractivity contribution >= 4 is 17.3 Å². The molecule has 0 spiro atoms. The molecule has 0 saturated carbocycles. The molecule has 0 amide bonds. The number of nitrogens with zero attached hydrogens (tertiary/aromatic N) is 1. The van der Waals surface area contributed by atoms with Gasteiger partial charge < -0.3 is 11.1 Å². The van der Waals surface area contributed by atoms with E-state index >= 15 is 0 Å². The summed E-state index contributed by atoms with van der Waals surface area (Å²) in [4.78, 5) is 0. The summed E-state index contributed by atoms with van der Waals surface area (Å²) in [5, 5.41) is 12.6. The largest absolute Gasteiger partial charge is 0.380 e. The Bertz CT molecular complexity index is 384. The normalized spacial score (nSPS) is 11.9. The Morgan fingerprint density at radius 3 is 2.81 bits per heavy atom. The average Bonchev–Trinajstić information content (AvgIpc) is 2.30. The summed E-state index contributed by atoms with van der Waals surface area (Å²) in [5.41, 5.74) is 7.06. The Balaban J connectivity index is 2.77. The molecule has 3 N–H and O–H groups in total. The van der Waals surface area contributed by atoms with Crippen molar-refractivity contribution in [2.24, 2.45) is 5.73 Å². The molecule has 1 atom stereocenters. The predicted molar refractivity (Wildman–Crippen MR) is 67.5 cm³/mol. The fraction of sp³-hybridized carbons (Fsp3) is 0.417. The quantitative estimate of drug-likeness (QED) is 0.828. The van der Waals surface area contributed by atoms with Gasteiger partial charge in [0.05, 0.1) is 22.3 Å². The van der Waals surface area contributed by atoms with Crippen LogP contribution in [0.5, 0.6) is 0 Å². The van der Waals surface area contributed by atoms with Crippen LogP contribution < -0.4 is 11.1 Å². The van der Waals surface area contributed by atoms with Crippen molar-refractivity contribution in [2.75, 3.05) is 11.9 Å². The van der Waals surface area contributed by atoms with Crippen molar-refractivity contribution in [2.45, 2.75) is 25.8 Å². The second kappa shape index (κ2) is 6.37. The number of nitriles is 1. The van der Waals surface area contributed by atoms with Crippen LogP contribution in [0.3, 0.4) is 0 Å². The molecule has 3 nitrogen and oxygen atoms in total. The average molecular weight is 238 g/mol. The van der Waals surface area contributed by atoms with Gasteiger partial charge in [-0.25, -0.2) is 0 Å². The lowest BCUT2D eigenvalue weighted by Gasteiger charge is -2.18. The number of hydrogen-bond donors (Lipinski definition) is 2.